The molecule has 0 fully saturated rings. The molecule has 0 aliphatic rings. The molecule has 1 N–H and O–H groups in total. The smallest absolute Gasteiger partial charge is 0.151 e. The molecule has 0 radical (unpaired) electrons. The monoisotopic (exact) mass is 278 g/mol. The van der Waals surface area contributed by atoms with Crippen LogP contribution in [0.15, 0.2) is 21.1 Å². The van der Waals surface area contributed by atoms with Gasteiger partial charge in [0, 0.05) is 10.0 Å². The number of hydrogen-bond acceptors (Lipinski definition) is 2. The van der Waals surface area contributed by atoms with E-state index in [0.717, 1.165) is 0 Å². The minimum absolute atomic E-state index is 0.113. The second-order valence-corrected chi connectivity index (χ2v) is 3.65. The summed E-state index contributed by atoms with van der Waals surface area (Å²) >= 11 is 6.22. The van der Waals surface area contributed by atoms with Gasteiger partial charge >= 0.3 is 0 Å². The maximum absolute atomic E-state index is 10.4. The fourth-order valence-electron chi connectivity index (χ4n) is 0.642. The Morgan fingerprint density at radius 1 is 1.27 bits per heavy atom. The van der Waals surface area contributed by atoms with E-state index in [1.807, 2.05) is 0 Å². The second kappa shape index (κ2) is 3.36. The quantitative estimate of drug-likeness (QED) is 0.803. The number of hydrogen-bond donors (Lipinski definition) is 1. The summed E-state index contributed by atoms with van der Waals surface area (Å²) in [6.45, 7) is 0. The molecule has 58 valence electrons. The van der Waals surface area contributed by atoms with Crippen LogP contribution in [0.1, 0.15) is 10.4 Å². The van der Waals surface area contributed by atoms with Gasteiger partial charge in [-0.15, -0.1) is 0 Å². The van der Waals surface area contributed by atoms with Crippen molar-refractivity contribution in [1.82, 2.24) is 0 Å². The Balaban J connectivity index is 3.31. The zero-order chi connectivity index (χ0) is 8.43. The molecule has 4 heteroatoms. The number of carbonyl (C=O) groups excluding carboxylic acids is 1. The second-order valence-electron chi connectivity index (χ2n) is 1.94. The Bertz CT molecular complexity index is 297. The lowest BCUT2D eigenvalue weighted by Gasteiger charge is -1.99. The molecule has 0 bridgehead atoms. The van der Waals surface area contributed by atoms with Crippen LogP contribution >= 0.6 is 31.9 Å². The minimum atomic E-state index is 0.113. The van der Waals surface area contributed by atoms with Gasteiger partial charge in [-0.1, -0.05) is 0 Å². The fourth-order valence-corrected chi connectivity index (χ4v) is 1.43. The van der Waals surface area contributed by atoms with Gasteiger partial charge in [0.15, 0.2) is 6.29 Å². The minimum Gasteiger partial charge on any atom is -0.507 e. The first-order valence-electron chi connectivity index (χ1n) is 2.78. The first-order chi connectivity index (χ1) is 5.15. The average molecular weight is 280 g/mol. The Morgan fingerprint density at radius 2 is 1.91 bits per heavy atom. The summed E-state index contributed by atoms with van der Waals surface area (Å²) in [6.07, 6.45) is 0.717. The van der Waals surface area contributed by atoms with Crippen LogP contribution < -0.4 is 0 Å². The van der Waals surface area contributed by atoms with Crippen molar-refractivity contribution in [3.05, 3.63) is 26.6 Å². The Morgan fingerprint density at radius 3 is 2.45 bits per heavy atom. The highest BCUT2D eigenvalue weighted by molar-refractivity contribution is 9.11. The third-order valence-electron chi connectivity index (χ3n) is 1.19. The lowest BCUT2D eigenvalue weighted by molar-refractivity contribution is 0.112. The standard InChI is InChI=1S/C7H4Br2O2/c8-5-2-7(11)6(9)1-4(5)3-10/h1-3,11H. The molecule has 0 amide bonds. The Kier molecular flexibility index (Phi) is 2.67. The van der Waals surface area contributed by atoms with Crippen LogP contribution in [0.4, 0.5) is 0 Å². The van der Waals surface area contributed by atoms with Gasteiger partial charge in [0.1, 0.15) is 5.75 Å². The van der Waals surface area contributed by atoms with Crippen molar-refractivity contribution in [3.8, 4) is 5.75 Å². The third kappa shape index (κ3) is 1.81. The summed E-state index contributed by atoms with van der Waals surface area (Å²) in [6, 6.07) is 3.01. The van der Waals surface area contributed by atoms with Crippen molar-refractivity contribution in [1.29, 1.82) is 0 Å². The zero-order valence-corrected chi connectivity index (χ0v) is 8.52. The lowest BCUT2D eigenvalue weighted by Crippen LogP contribution is -1.82. The summed E-state index contributed by atoms with van der Waals surface area (Å²) in [5.41, 5.74) is 0.509. The number of phenolic OH excluding ortho intramolecular Hbond substituents is 1. The van der Waals surface area contributed by atoms with Gasteiger partial charge < -0.3 is 5.11 Å². The van der Waals surface area contributed by atoms with Crippen molar-refractivity contribution in [2.24, 2.45) is 0 Å². The number of aromatic hydroxyl groups is 1. The summed E-state index contributed by atoms with van der Waals surface area (Å²) in [5, 5.41) is 9.13. The summed E-state index contributed by atoms with van der Waals surface area (Å²) in [4.78, 5) is 10.4. The maximum Gasteiger partial charge on any atom is 0.151 e. The Labute approximate surface area is 80.5 Å². The lowest BCUT2D eigenvalue weighted by atomic mass is 10.2. The van der Waals surface area contributed by atoms with E-state index in [1.165, 1.54) is 6.07 Å². The Hall–Kier alpha value is -0.350. The number of carbonyl (C=O) groups is 1. The van der Waals surface area contributed by atoms with Crippen LogP contribution in [0.3, 0.4) is 0 Å². The average Bonchev–Trinajstić information content (AvgIpc) is 1.97. The molecule has 0 unspecified atom stereocenters. The highest BCUT2D eigenvalue weighted by Gasteiger charge is 2.03. The van der Waals surface area contributed by atoms with E-state index in [4.69, 9.17) is 5.11 Å². The van der Waals surface area contributed by atoms with Gasteiger partial charge in [-0.25, -0.2) is 0 Å². The molecule has 0 atom stereocenters. The van der Waals surface area contributed by atoms with Crippen molar-refractivity contribution >= 4 is 38.1 Å². The third-order valence-corrected chi connectivity index (χ3v) is 2.52. The molecule has 1 aromatic rings. The number of halogens is 2. The summed E-state index contributed by atoms with van der Waals surface area (Å²) < 4.78 is 1.11. The predicted octanol–water partition coefficient (Wildman–Crippen LogP) is 2.73. The van der Waals surface area contributed by atoms with E-state index in [-0.39, 0.29) is 5.75 Å². The van der Waals surface area contributed by atoms with E-state index in [0.29, 0.717) is 20.8 Å². The molecule has 1 aromatic carbocycles. The molecular weight excluding hydrogens is 276 g/mol. The van der Waals surface area contributed by atoms with Gasteiger partial charge in [-0.2, -0.15) is 0 Å². The predicted molar refractivity (Wildman–Crippen MR) is 48.9 cm³/mol. The van der Waals surface area contributed by atoms with Crippen LogP contribution in [0.25, 0.3) is 0 Å². The zero-order valence-electron chi connectivity index (χ0n) is 5.34. The maximum atomic E-state index is 10.4. The molecule has 11 heavy (non-hydrogen) atoms. The van der Waals surface area contributed by atoms with Gasteiger partial charge in [-0.3, -0.25) is 4.79 Å². The van der Waals surface area contributed by atoms with Crippen molar-refractivity contribution in [2.45, 2.75) is 0 Å². The van der Waals surface area contributed by atoms with E-state index in [9.17, 15) is 4.79 Å². The molecule has 1 rings (SSSR count). The molecule has 0 aliphatic heterocycles. The van der Waals surface area contributed by atoms with E-state index in [2.05, 4.69) is 31.9 Å². The molecule has 2 nitrogen and oxygen atoms in total. The molecule has 0 spiro atoms. The SMILES string of the molecule is O=Cc1cc(Br)c(O)cc1Br. The number of aldehydes is 1. The van der Waals surface area contributed by atoms with Crippen molar-refractivity contribution in [2.75, 3.05) is 0 Å². The summed E-state index contributed by atoms with van der Waals surface area (Å²) in [7, 11) is 0. The van der Waals surface area contributed by atoms with Crippen molar-refractivity contribution in [3.63, 3.8) is 0 Å². The normalized spacial score (nSPS) is 9.64. The van der Waals surface area contributed by atoms with Gasteiger partial charge in [0.2, 0.25) is 0 Å². The first kappa shape index (κ1) is 8.74. The topological polar surface area (TPSA) is 37.3 Å². The highest BCUT2D eigenvalue weighted by atomic mass is 79.9. The first-order valence-corrected chi connectivity index (χ1v) is 4.37. The molecule has 0 aromatic heterocycles. The van der Waals surface area contributed by atoms with E-state index < -0.39 is 0 Å². The molecule has 0 saturated heterocycles. The van der Waals surface area contributed by atoms with Crippen molar-refractivity contribution < 1.29 is 9.90 Å². The van der Waals surface area contributed by atoms with Crippen LogP contribution in [-0.2, 0) is 0 Å². The largest absolute Gasteiger partial charge is 0.507 e. The molecule has 0 aliphatic carbocycles. The van der Waals surface area contributed by atoms with Crippen LogP contribution in [0.5, 0.6) is 5.75 Å². The van der Waals surface area contributed by atoms with E-state index >= 15 is 0 Å². The summed E-state index contributed by atoms with van der Waals surface area (Å²) in [5.74, 6) is 0.113. The van der Waals surface area contributed by atoms with Crippen LogP contribution in [0, 0.1) is 0 Å². The number of benzene rings is 1. The molecular formula is C7H4Br2O2. The number of phenols is 1. The van der Waals surface area contributed by atoms with Gasteiger partial charge in [-0.05, 0) is 44.0 Å². The molecule has 0 heterocycles. The number of rotatable bonds is 1. The van der Waals surface area contributed by atoms with Gasteiger partial charge in [0.25, 0.3) is 0 Å². The molecule has 0 saturated carbocycles. The fraction of sp³-hybridized carbons (Fsp3) is 0. The van der Waals surface area contributed by atoms with Crippen LogP contribution in [0.2, 0.25) is 0 Å². The van der Waals surface area contributed by atoms with Crippen LogP contribution in [-0.4, -0.2) is 11.4 Å². The van der Waals surface area contributed by atoms with E-state index in [1.54, 1.807) is 6.07 Å². The van der Waals surface area contributed by atoms with Gasteiger partial charge in [0.05, 0.1) is 4.47 Å². The highest BCUT2D eigenvalue weighted by Crippen LogP contribution is 2.29.